The van der Waals surface area contributed by atoms with Crippen molar-refractivity contribution in [3.05, 3.63) is 64.3 Å². The number of anilines is 1. The predicted molar refractivity (Wildman–Crippen MR) is 198 cm³/mol. The van der Waals surface area contributed by atoms with Crippen molar-refractivity contribution < 1.29 is 13.2 Å². The summed E-state index contributed by atoms with van der Waals surface area (Å²) in [6.45, 7) is 10.3. The number of carbonyl (C=O) groups is 1. The Morgan fingerprint density at radius 3 is 1.94 bits per heavy atom. The standard InChI is InChI=1S/C38H54ClN5O3S/c1-6-7-8-9-10-11-12-13-14-15-16-17-18-19-27-48(46,47)30-25-23-29(24-26-30)37(45)40-31-22-20-21-28(2)32(31)35-41-36-33(39)34(38(3,4)5)42-44(36)43-35/h20-26H,6-19,27H2,1-5H3,(H,40,45)(H,41,43). The summed E-state index contributed by atoms with van der Waals surface area (Å²) in [6, 6.07) is 11.8. The van der Waals surface area contributed by atoms with Crippen molar-refractivity contribution in [3.63, 3.8) is 0 Å². The van der Waals surface area contributed by atoms with Gasteiger partial charge in [0.05, 0.1) is 22.0 Å². The topological polar surface area (TPSA) is 109 Å². The Labute approximate surface area is 292 Å². The van der Waals surface area contributed by atoms with Crippen molar-refractivity contribution in [2.24, 2.45) is 0 Å². The maximum Gasteiger partial charge on any atom is 0.255 e. The summed E-state index contributed by atoms with van der Waals surface area (Å²) in [5.74, 6) is 0.303. The van der Waals surface area contributed by atoms with Gasteiger partial charge in [0.15, 0.2) is 21.3 Å². The van der Waals surface area contributed by atoms with Crippen LogP contribution in [0, 0.1) is 6.92 Å². The molecule has 8 nitrogen and oxygen atoms in total. The fourth-order valence-electron chi connectivity index (χ4n) is 6.09. The number of aromatic amines is 1. The van der Waals surface area contributed by atoms with E-state index in [4.69, 9.17) is 11.6 Å². The number of H-pyrrole nitrogens is 1. The fraction of sp³-hybridized carbons (Fsp3) is 0.553. The van der Waals surface area contributed by atoms with E-state index in [1.54, 1.807) is 12.1 Å². The minimum absolute atomic E-state index is 0.122. The first-order valence-electron chi connectivity index (χ1n) is 17.8. The fourth-order valence-corrected chi connectivity index (χ4v) is 7.90. The van der Waals surface area contributed by atoms with E-state index in [0.29, 0.717) is 34.2 Å². The number of benzene rings is 2. The highest BCUT2D eigenvalue weighted by molar-refractivity contribution is 7.91. The van der Waals surface area contributed by atoms with E-state index in [9.17, 15) is 13.2 Å². The van der Waals surface area contributed by atoms with Gasteiger partial charge in [-0.3, -0.25) is 4.79 Å². The molecule has 0 fully saturated rings. The minimum Gasteiger partial charge on any atom is -0.321 e. The molecule has 10 heteroatoms. The highest BCUT2D eigenvalue weighted by Gasteiger charge is 2.26. The average Bonchev–Trinajstić information content (AvgIpc) is 3.60. The van der Waals surface area contributed by atoms with Gasteiger partial charge in [-0.15, -0.1) is 9.73 Å². The van der Waals surface area contributed by atoms with Crippen LogP contribution >= 0.6 is 11.6 Å². The number of nitrogens with one attached hydrogen (secondary N) is 2. The van der Waals surface area contributed by atoms with Crippen molar-refractivity contribution in [2.45, 2.75) is 135 Å². The van der Waals surface area contributed by atoms with Crippen LogP contribution in [0.3, 0.4) is 0 Å². The SMILES string of the molecule is CCCCCCCCCCCCCCCCS(=O)(=O)c1ccc(C(=O)Nc2cccc(C)c2-c2nn3nc(C(C)(C)C)c(Cl)c3[nH]2)cc1. The van der Waals surface area contributed by atoms with Crippen molar-refractivity contribution >= 4 is 38.7 Å². The van der Waals surface area contributed by atoms with E-state index in [2.05, 4.69) is 27.4 Å². The third kappa shape index (κ3) is 10.2. The largest absolute Gasteiger partial charge is 0.321 e. The van der Waals surface area contributed by atoms with Crippen molar-refractivity contribution in [1.82, 2.24) is 19.8 Å². The van der Waals surface area contributed by atoms with Crippen LogP contribution in [-0.2, 0) is 15.3 Å². The second-order valence-corrected chi connectivity index (χ2v) is 16.6. The molecule has 0 spiro atoms. The van der Waals surface area contributed by atoms with Gasteiger partial charge >= 0.3 is 0 Å². The van der Waals surface area contributed by atoms with Crippen LogP contribution in [0.25, 0.3) is 17.0 Å². The number of rotatable bonds is 19. The molecule has 0 saturated heterocycles. The molecule has 4 rings (SSSR count). The van der Waals surface area contributed by atoms with Gasteiger partial charge in [-0.2, -0.15) is 5.10 Å². The lowest BCUT2D eigenvalue weighted by atomic mass is 9.92. The van der Waals surface area contributed by atoms with Crippen molar-refractivity contribution in [3.8, 4) is 11.4 Å². The van der Waals surface area contributed by atoms with Gasteiger partial charge < -0.3 is 10.3 Å². The Balaban J connectivity index is 1.26. The number of carbonyl (C=O) groups excluding carboxylic acids is 1. The molecule has 0 aliphatic carbocycles. The number of halogens is 1. The van der Waals surface area contributed by atoms with Crippen LogP contribution in [0.2, 0.25) is 5.02 Å². The number of aromatic nitrogens is 4. The van der Waals surface area contributed by atoms with Crippen LogP contribution in [-0.4, -0.2) is 39.9 Å². The van der Waals surface area contributed by atoms with E-state index < -0.39 is 9.84 Å². The van der Waals surface area contributed by atoms with E-state index >= 15 is 0 Å². The van der Waals surface area contributed by atoms with Crippen LogP contribution in [0.4, 0.5) is 5.69 Å². The molecule has 4 aromatic rings. The quantitative estimate of drug-likeness (QED) is 0.0949. The molecule has 2 N–H and O–H groups in total. The number of fused-ring (bicyclic) bond motifs is 1. The molecular formula is C38H54ClN5O3S. The maximum atomic E-state index is 13.3. The smallest absolute Gasteiger partial charge is 0.255 e. The van der Waals surface area contributed by atoms with E-state index in [0.717, 1.165) is 29.7 Å². The first-order valence-corrected chi connectivity index (χ1v) is 19.8. The summed E-state index contributed by atoms with van der Waals surface area (Å²) < 4.78 is 27.5. The monoisotopic (exact) mass is 695 g/mol. The number of hydrogen-bond donors (Lipinski definition) is 2. The Morgan fingerprint density at radius 1 is 0.833 bits per heavy atom. The Hall–Kier alpha value is -3.17. The van der Waals surface area contributed by atoms with Crippen LogP contribution in [0.5, 0.6) is 0 Å². The normalized spacial score (nSPS) is 12.2. The summed E-state index contributed by atoms with van der Waals surface area (Å²) in [4.78, 5) is 16.8. The van der Waals surface area contributed by atoms with Gasteiger partial charge in [0.25, 0.3) is 5.91 Å². The molecule has 0 unspecified atom stereocenters. The zero-order valence-corrected chi connectivity index (χ0v) is 31.1. The molecule has 0 aliphatic heterocycles. The number of nitrogens with zero attached hydrogens (tertiary/aromatic N) is 3. The molecule has 1 amide bonds. The molecule has 48 heavy (non-hydrogen) atoms. The number of sulfone groups is 1. The zero-order valence-electron chi connectivity index (χ0n) is 29.5. The molecule has 0 aliphatic rings. The number of unbranched alkanes of at least 4 members (excludes halogenated alkanes) is 13. The first kappa shape index (κ1) is 37.6. The lowest BCUT2D eigenvalue weighted by Crippen LogP contribution is -2.14. The summed E-state index contributed by atoms with van der Waals surface area (Å²) >= 11 is 6.65. The summed E-state index contributed by atoms with van der Waals surface area (Å²) in [5.41, 5.74) is 3.65. The number of hydrogen-bond acceptors (Lipinski definition) is 5. The average molecular weight is 696 g/mol. The zero-order chi connectivity index (χ0) is 34.7. The molecule has 262 valence electrons. The first-order chi connectivity index (χ1) is 22.9. The molecule has 0 atom stereocenters. The third-order valence-electron chi connectivity index (χ3n) is 8.95. The summed E-state index contributed by atoms with van der Waals surface area (Å²) in [5, 5.41) is 12.7. The lowest BCUT2D eigenvalue weighted by Gasteiger charge is -2.15. The number of aryl methyl sites for hydroxylation is 1. The molecule has 2 aromatic heterocycles. The van der Waals surface area contributed by atoms with Gasteiger partial charge in [0.2, 0.25) is 0 Å². The Morgan fingerprint density at radius 2 is 1.40 bits per heavy atom. The van der Waals surface area contributed by atoms with E-state index in [-0.39, 0.29) is 22.0 Å². The van der Waals surface area contributed by atoms with E-state index in [1.165, 1.54) is 87.4 Å². The second-order valence-electron chi connectivity index (χ2n) is 14.1. The number of amides is 1. The molecule has 0 radical (unpaired) electrons. The van der Waals surface area contributed by atoms with Crippen LogP contribution in [0.1, 0.15) is 139 Å². The maximum absolute atomic E-state index is 13.3. The summed E-state index contributed by atoms with van der Waals surface area (Å²) in [6.07, 6.45) is 17.1. The lowest BCUT2D eigenvalue weighted by molar-refractivity contribution is 0.102. The van der Waals surface area contributed by atoms with Crippen molar-refractivity contribution in [1.29, 1.82) is 0 Å². The van der Waals surface area contributed by atoms with Gasteiger partial charge in [0.1, 0.15) is 5.02 Å². The van der Waals surface area contributed by atoms with Gasteiger partial charge in [-0.1, -0.05) is 135 Å². The predicted octanol–water partition coefficient (Wildman–Crippen LogP) is 10.5. The Kier molecular flexibility index (Phi) is 13.7. The Bertz CT molecular complexity index is 1740. The minimum atomic E-state index is -3.41. The van der Waals surface area contributed by atoms with Gasteiger partial charge in [-0.25, -0.2) is 8.42 Å². The van der Waals surface area contributed by atoms with Crippen molar-refractivity contribution in [2.75, 3.05) is 11.1 Å². The molecule has 0 bridgehead atoms. The van der Waals surface area contributed by atoms with Gasteiger partial charge in [0, 0.05) is 16.5 Å². The molecule has 2 heterocycles. The van der Waals surface area contributed by atoms with Gasteiger partial charge in [-0.05, 0) is 49.2 Å². The molecule has 2 aromatic carbocycles. The summed E-state index contributed by atoms with van der Waals surface area (Å²) in [7, 11) is -3.41. The van der Waals surface area contributed by atoms with Crippen LogP contribution < -0.4 is 5.32 Å². The molecular weight excluding hydrogens is 642 g/mol. The second kappa shape index (κ2) is 17.5. The molecule has 0 saturated carbocycles. The van der Waals surface area contributed by atoms with Crippen LogP contribution in [0.15, 0.2) is 47.4 Å². The highest BCUT2D eigenvalue weighted by Crippen LogP contribution is 2.34. The highest BCUT2D eigenvalue weighted by atomic mass is 35.5. The third-order valence-corrected chi connectivity index (χ3v) is 11.1. The van der Waals surface area contributed by atoms with E-state index in [1.807, 2.05) is 45.9 Å².